The van der Waals surface area contributed by atoms with E-state index in [4.69, 9.17) is 9.47 Å². The van der Waals surface area contributed by atoms with Gasteiger partial charge in [0.15, 0.2) is 11.5 Å². The molecule has 0 bridgehead atoms. The summed E-state index contributed by atoms with van der Waals surface area (Å²) >= 11 is 0. The molecule has 0 saturated heterocycles. The molecule has 0 fully saturated rings. The van der Waals surface area contributed by atoms with Crippen molar-refractivity contribution in [2.75, 3.05) is 23.3 Å². The molecule has 0 radical (unpaired) electrons. The molecule has 1 amide bonds. The first kappa shape index (κ1) is 21.7. The summed E-state index contributed by atoms with van der Waals surface area (Å²) in [4.78, 5) is 13.0. The van der Waals surface area contributed by atoms with Gasteiger partial charge in [-0.1, -0.05) is 24.3 Å². The highest BCUT2D eigenvalue weighted by molar-refractivity contribution is 7.92. The number of rotatable bonds is 5. The lowest BCUT2D eigenvalue weighted by Gasteiger charge is -2.14. The number of carbonyl (C=O) groups excluding carboxylic acids is 1. The maximum Gasteiger partial charge on any atom is 0.261 e. The van der Waals surface area contributed by atoms with Crippen molar-refractivity contribution in [2.45, 2.75) is 25.2 Å². The standard InChI is InChI=1S/C24H24N2O5S/c1-16-8-10-19(32(28,29)26-21-7-4-3-6-17(21)2)15-20(16)24(27)25-18-9-11-22-23(14-18)31-13-5-12-30-22/h3-4,6-11,14-15,26H,5,12-13H2,1-2H3,(H,25,27). The third-order valence-electron chi connectivity index (χ3n) is 5.16. The van der Waals surface area contributed by atoms with Crippen molar-refractivity contribution in [3.8, 4) is 11.5 Å². The van der Waals surface area contributed by atoms with Crippen LogP contribution < -0.4 is 19.5 Å². The molecule has 32 heavy (non-hydrogen) atoms. The molecule has 0 aromatic heterocycles. The summed E-state index contributed by atoms with van der Waals surface area (Å²) in [6.45, 7) is 4.70. The van der Waals surface area contributed by atoms with E-state index >= 15 is 0 Å². The maximum absolute atomic E-state index is 13.0. The Hall–Kier alpha value is -3.52. The van der Waals surface area contributed by atoms with Crippen LogP contribution in [0.3, 0.4) is 0 Å². The number of aryl methyl sites for hydroxylation is 2. The molecule has 0 saturated carbocycles. The molecule has 2 N–H and O–H groups in total. The second-order valence-corrected chi connectivity index (χ2v) is 9.25. The van der Waals surface area contributed by atoms with Gasteiger partial charge in [-0.15, -0.1) is 0 Å². The van der Waals surface area contributed by atoms with Gasteiger partial charge in [-0.25, -0.2) is 8.42 Å². The average molecular weight is 453 g/mol. The lowest BCUT2D eigenvalue weighted by atomic mass is 10.1. The molecule has 166 valence electrons. The number of carbonyl (C=O) groups is 1. The topological polar surface area (TPSA) is 93.7 Å². The fraction of sp³-hybridized carbons (Fsp3) is 0.208. The van der Waals surface area contributed by atoms with Gasteiger partial charge in [-0.3, -0.25) is 9.52 Å². The van der Waals surface area contributed by atoms with Gasteiger partial charge in [0.1, 0.15) is 0 Å². The predicted molar refractivity (Wildman–Crippen MR) is 123 cm³/mol. The predicted octanol–water partition coefficient (Wildman–Crippen LogP) is 4.52. The van der Waals surface area contributed by atoms with Crippen LogP contribution >= 0.6 is 0 Å². The van der Waals surface area contributed by atoms with Crippen LogP contribution in [-0.4, -0.2) is 27.5 Å². The Morgan fingerprint density at radius 3 is 2.41 bits per heavy atom. The SMILES string of the molecule is Cc1ccccc1NS(=O)(=O)c1ccc(C)c(C(=O)Nc2ccc3c(c2)OCCCO3)c1. The highest BCUT2D eigenvalue weighted by Gasteiger charge is 2.20. The summed E-state index contributed by atoms with van der Waals surface area (Å²) in [6.07, 6.45) is 0.785. The van der Waals surface area contributed by atoms with Gasteiger partial charge in [-0.05, 0) is 55.3 Å². The third kappa shape index (κ3) is 4.70. The van der Waals surface area contributed by atoms with E-state index in [0.717, 1.165) is 12.0 Å². The molecule has 3 aromatic rings. The van der Waals surface area contributed by atoms with Crippen molar-refractivity contribution in [1.82, 2.24) is 0 Å². The second-order valence-electron chi connectivity index (χ2n) is 7.56. The minimum Gasteiger partial charge on any atom is -0.490 e. The van der Waals surface area contributed by atoms with Crippen LogP contribution in [0.15, 0.2) is 65.6 Å². The first-order valence-electron chi connectivity index (χ1n) is 10.2. The maximum atomic E-state index is 13.0. The van der Waals surface area contributed by atoms with Crippen molar-refractivity contribution in [3.05, 3.63) is 77.4 Å². The molecule has 7 nitrogen and oxygen atoms in total. The van der Waals surface area contributed by atoms with E-state index in [0.29, 0.717) is 41.7 Å². The zero-order valence-electron chi connectivity index (χ0n) is 17.8. The highest BCUT2D eigenvalue weighted by atomic mass is 32.2. The molecule has 1 heterocycles. The molecule has 1 aliphatic heterocycles. The normalized spacial score (nSPS) is 13.2. The van der Waals surface area contributed by atoms with Crippen LogP contribution in [0.25, 0.3) is 0 Å². The Bertz CT molecular complexity index is 1270. The zero-order chi connectivity index (χ0) is 22.7. The van der Waals surface area contributed by atoms with Crippen molar-refractivity contribution < 1.29 is 22.7 Å². The van der Waals surface area contributed by atoms with Gasteiger partial charge in [0.25, 0.3) is 15.9 Å². The van der Waals surface area contributed by atoms with Crippen LogP contribution in [0, 0.1) is 13.8 Å². The Morgan fingerprint density at radius 2 is 1.62 bits per heavy atom. The molecule has 0 unspecified atom stereocenters. The van der Waals surface area contributed by atoms with Crippen molar-refractivity contribution in [3.63, 3.8) is 0 Å². The van der Waals surface area contributed by atoms with E-state index in [1.165, 1.54) is 12.1 Å². The smallest absolute Gasteiger partial charge is 0.261 e. The number of fused-ring (bicyclic) bond motifs is 1. The summed E-state index contributed by atoms with van der Waals surface area (Å²) in [5, 5.41) is 2.82. The van der Waals surface area contributed by atoms with Crippen molar-refractivity contribution in [2.24, 2.45) is 0 Å². The minimum absolute atomic E-state index is 0.00941. The van der Waals surface area contributed by atoms with Crippen LogP contribution in [-0.2, 0) is 10.0 Å². The van der Waals surface area contributed by atoms with E-state index in [1.54, 1.807) is 43.3 Å². The van der Waals surface area contributed by atoms with Crippen molar-refractivity contribution in [1.29, 1.82) is 0 Å². The Balaban J connectivity index is 1.58. The second kappa shape index (κ2) is 8.92. The molecule has 0 aliphatic carbocycles. The summed E-state index contributed by atoms with van der Waals surface area (Å²) in [5.41, 5.74) is 2.75. The van der Waals surface area contributed by atoms with E-state index in [-0.39, 0.29) is 10.5 Å². The summed E-state index contributed by atoms with van der Waals surface area (Å²) < 4.78 is 39.7. The number of sulfonamides is 1. The zero-order valence-corrected chi connectivity index (χ0v) is 18.7. The number of anilines is 2. The lowest BCUT2D eigenvalue weighted by molar-refractivity contribution is 0.102. The Labute approximate surface area is 187 Å². The first-order valence-corrected chi connectivity index (χ1v) is 11.7. The van der Waals surface area contributed by atoms with Crippen LogP contribution in [0.5, 0.6) is 11.5 Å². The van der Waals surface area contributed by atoms with E-state index < -0.39 is 15.9 Å². The van der Waals surface area contributed by atoms with Gasteiger partial charge in [0, 0.05) is 23.7 Å². The summed E-state index contributed by atoms with van der Waals surface area (Å²) in [7, 11) is -3.86. The Kier molecular flexibility index (Phi) is 6.05. The highest BCUT2D eigenvalue weighted by Crippen LogP contribution is 2.32. The molecule has 3 aromatic carbocycles. The lowest BCUT2D eigenvalue weighted by Crippen LogP contribution is -2.17. The van der Waals surface area contributed by atoms with Gasteiger partial charge in [-0.2, -0.15) is 0 Å². The molecule has 0 spiro atoms. The number of ether oxygens (including phenoxy) is 2. The Morgan fingerprint density at radius 1 is 0.875 bits per heavy atom. The number of benzene rings is 3. The van der Waals surface area contributed by atoms with E-state index in [2.05, 4.69) is 10.0 Å². The fourth-order valence-electron chi connectivity index (χ4n) is 3.34. The van der Waals surface area contributed by atoms with Gasteiger partial charge in [0.05, 0.1) is 23.8 Å². The van der Waals surface area contributed by atoms with Gasteiger partial charge >= 0.3 is 0 Å². The number of para-hydroxylation sites is 1. The number of hydrogen-bond acceptors (Lipinski definition) is 5. The molecule has 4 rings (SSSR count). The van der Waals surface area contributed by atoms with E-state index in [9.17, 15) is 13.2 Å². The van der Waals surface area contributed by atoms with Gasteiger partial charge in [0.2, 0.25) is 0 Å². The number of nitrogens with one attached hydrogen (secondary N) is 2. The van der Waals surface area contributed by atoms with Crippen LogP contribution in [0.4, 0.5) is 11.4 Å². The largest absolute Gasteiger partial charge is 0.490 e. The molecule has 1 aliphatic rings. The number of hydrogen-bond donors (Lipinski definition) is 2. The molecule has 8 heteroatoms. The van der Waals surface area contributed by atoms with E-state index in [1.807, 2.05) is 19.1 Å². The van der Waals surface area contributed by atoms with Crippen LogP contribution in [0.1, 0.15) is 27.9 Å². The summed E-state index contributed by atoms with van der Waals surface area (Å²) in [6, 6.07) is 16.8. The van der Waals surface area contributed by atoms with Crippen LogP contribution in [0.2, 0.25) is 0 Å². The molecular formula is C24H24N2O5S. The number of amides is 1. The molecular weight excluding hydrogens is 428 g/mol. The first-order chi connectivity index (χ1) is 15.3. The fourth-order valence-corrected chi connectivity index (χ4v) is 4.50. The van der Waals surface area contributed by atoms with Crippen molar-refractivity contribution >= 4 is 27.3 Å². The summed E-state index contributed by atoms with van der Waals surface area (Å²) in [5.74, 6) is 0.785. The van der Waals surface area contributed by atoms with Gasteiger partial charge < -0.3 is 14.8 Å². The quantitative estimate of drug-likeness (QED) is 0.594. The molecule has 0 atom stereocenters. The minimum atomic E-state index is -3.86. The third-order valence-corrected chi connectivity index (χ3v) is 6.52. The monoisotopic (exact) mass is 452 g/mol. The average Bonchev–Trinajstić information content (AvgIpc) is 3.00.